The summed E-state index contributed by atoms with van der Waals surface area (Å²) in [6.07, 6.45) is -9.63. The normalized spacial score (nSPS) is 11.7. The first-order valence-corrected chi connectivity index (χ1v) is 4.14. The summed E-state index contributed by atoms with van der Waals surface area (Å²) in [5, 5.41) is 0. The highest BCUT2D eigenvalue weighted by molar-refractivity contribution is 5.71. The van der Waals surface area contributed by atoms with Crippen molar-refractivity contribution in [2.24, 2.45) is 0 Å². The molecule has 0 heterocycles. The van der Waals surface area contributed by atoms with Gasteiger partial charge in [-0.3, -0.25) is 0 Å². The molecule has 0 aromatic heterocycles. The van der Waals surface area contributed by atoms with Crippen LogP contribution in [-0.2, 0) is 0 Å². The van der Waals surface area contributed by atoms with Gasteiger partial charge >= 0.3 is 6.18 Å². The van der Waals surface area contributed by atoms with E-state index in [0.29, 0.717) is 0 Å². The lowest BCUT2D eigenvalue weighted by Crippen LogP contribution is -2.17. The van der Waals surface area contributed by atoms with Gasteiger partial charge in [0.15, 0.2) is 23.3 Å². The third kappa shape index (κ3) is 2.51. The van der Waals surface area contributed by atoms with E-state index in [-0.39, 0.29) is 0 Å². The molecule has 106 valence electrons. The Hall–Kier alpha value is -1.74. The largest absolute Gasteiger partial charge is 0.422 e. The standard InChI is InChI=1S/C9F10/c10-3-1(2(8(15)16)9(17,18)19)4(11)6(13)7(14)5(3)12. The Morgan fingerprint density at radius 3 is 1.21 bits per heavy atom. The highest BCUT2D eigenvalue weighted by Gasteiger charge is 2.44. The Kier molecular flexibility index (Phi) is 3.82. The maximum absolute atomic E-state index is 13.0. The quantitative estimate of drug-likeness (QED) is 0.405. The molecule has 19 heavy (non-hydrogen) atoms. The maximum Gasteiger partial charge on any atom is 0.422 e. The second-order valence-electron chi connectivity index (χ2n) is 3.08. The van der Waals surface area contributed by atoms with Crippen molar-refractivity contribution in [3.8, 4) is 0 Å². The van der Waals surface area contributed by atoms with Crippen LogP contribution in [-0.4, -0.2) is 6.18 Å². The molecular weight excluding hydrogens is 298 g/mol. The van der Waals surface area contributed by atoms with Crippen LogP contribution in [0.1, 0.15) is 5.56 Å². The second kappa shape index (κ2) is 4.74. The van der Waals surface area contributed by atoms with Gasteiger partial charge in [0.2, 0.25) is 5.82 Å². The molecule has 0 unspecified atom stereocenters. The van der Waals surface area contributed by atoms with Crippen molar-refractivity contribution in [3.63, 3.8) is 0 Å². The molecule has 0 saturated carbocycles. The molecule has 0 aliphatic carbocycles. The minimum Gasteiger partial charge on any atom is -0.203 e. The fourth-order valence-corrected chi connectivity index (χ4v) is 1.17. The average Bonchev–Trinajstić information content (AvgIpc) is 2.27. The summed E-state index contributed by atoms with van der Waals surface area (Å²) in [6, 6.07) is 0. The Morgan fingerprint density at radius 2 is 0.947 bits per heavy atom. The van der Waals surface area contributed by atoms with Crippen molar-refractivity contribution in [1.82, 2.24) is 0 Å². The van der Waals surface area contributed by atoms with Crippen LogP contribution in [0.5, 0.6) is 0 Å². The van der Waals surface area contributed by atoms with Crippen LogP contribution in [0, 0.1) is 29.1 Å². The summed E-state index contributed by atoms with van der Waals surface area (Å²) in [6.45, 7) is 0. The monoisotopic (exact) mass is 298 g/mol. The van der Waals surface area contributed by atoms with Crippen molar-refractivity contribution in [1.29, 1.82) is 0 Å². The molecule has 1 aromatic carbocycles. The highest BCUT2D eigenvalue weighted by atomic mass is 19.4. The van der Waals surface area contributed by atoms with Crippen LogP contribution in [0.4, 0.5) is 43.9 Å². The Balaban J connectivity index is 3.84. The first-order valence-electron chi connectivity index (χ1n) is 4.14. The van der Waals surface area contributed by atoms with Crippen LogP contribution in [0.2, 0.25) is 0 Å². The number of rotatable bonds is 1. The van der Waals surface area contributed by atoms with Gasteiger partial charge in [-0.25, -0.2) is 22.0 Å². The van der Waals surface area contributed by atoms with Crippen LogP contribution < -0.4 is 0 Å². The van der Waals surface area contributed by atoms with Crippen LogP contribution in [0.3, 0.4) is 0 Å². The summed E-state index contributed by atoms with van der Waals surface area (Å²) in [7, 11) is 0. The highest BCUT2D eigenvalue weighted by Crippen LogP contribution is 2.41. The Bertz CT molecular complexity index is 520. The number of benzene rings is 1. The number of alkyl halides is 3. The first-order chi connectivity index (χ1) is 8.50. The third-order valence-corrected chi connectivity index (χ3v) is 1.93. The Labute approximate surface area is 97.5 Å². The summed E-state index contributed by atoms with van der Waals surface area (Å²) < 4.78 is 124. The smallest absolute Gasteiger partial charge is 0.203 e. The van der Waals surface area contributed by atoms with E-state index in [1.807, 2.05) is 0 Å². The average molecular weight is 298 g/mol. The van der Waals surface area contributed by atoms with Crippen molar-refractivity contribution >= 4 is 5.57 Å². The van der Waals surface area contributed by atoms with Gasteiger partial charge in [0.1, 0.15) is 5.57 Å². The van der Waals surface area contributed by atoms with E-state index in [9.17, 15) is 43.9 Å². The lowest BCUT2D eigenvalue weighted by molar-refractivity contribution is -0.0716. The molecule has 0 nitrogen and oxygen atoms in total. The molecule has 0 bridgehead atoms. The van der Waals surface area contributed by atoms with Gasteiger partial charge in [0.05, 0.1) is 5.56 Å². The fourth-order valence-electron chi connectivity index (χ4n) is 1.17. The topological polar surface area (TPSA) is 0 Å². The Morgan fingerprint density at radius 1 is 0.632 bits per heavy atom. The van der Waals surface area contributed by atoms with E-state index in [1.54, 1.807) is 0 Å². The third-order valence-electron chi connectivity index (χ3n) is 1.93. The van der Waals surface area contributed by atoms with Gasteiger partial charge in [-0.1, -0.05) is 0 Å². The van der Waals surface area contributed by atoms with E-state index in [4.69, 9.17) is 0 Å². The zero-order chi connectivity index (χ0) is 15.1. The molecule has 0 saturated heterocycles. The molecule has 1 aromatic rings. The van der Waals surface area contributed by atoms with Crippen LogP contribution in [0.15, 0.2) is 6.08 Å². The van der Waals surface area contributed by atoms with E-state index in [2.05, 4.69) is 0 Å². The van der Waals surface area contributed by atoms with E-state index >= 15 is 0 Å². The van der Waals surface area contributed by atoms with Crippen molar-refractivity contribution in [3.05, 3.63) is 40.7 Å². The summed E-state index contributed by atoms with van der Waals surface area (Å²) in [5.41, 5.74) is -5.94. The van der Waals surface area contributed by atoms with Gasteiger partial charge in [-0.2, -0.15) is 22.0 Å². The van der Waals surface area contributed by atoms with Crippen molar-refractivity contribution in [2.75, 3.05) is 0 Å². The number of hydrogen-bond acceptors (Lipinski definition) is 0. The minimum absolute atomic E-state index is 2.72. The molecule has 0 spiro atoms. The molecule has 0 atom stereocenters. The first kappa shape index (κ1) is 15.3. The summed E-state index contributed by atoms with van der Waals surface area (Å²) in [4.78, 5) is 0. The minimum atomic E-state index is -6.00. The van der Waals surface area contributed by atoms with Crippen molar-refractivity contribution in [2.45, 2.75) is 6.18 Å². The zero-order valence-electron chi connectivity index (χ0n) is 8.28. The summed E-state index contributed by atoms with van der Waals surface area (Å²) in [5.74, 6) is -14.2. The molecule has 0 amide bonds. The number of hydrogen-bond donors (Lipinski definition) is 0. The molecule has 10 heteroatoms. The molecule has 0 aliphatic heterocycles. The predicted octanol–water partition coefficient (Wildman–Crippen LogP) is 4.55. The van der Waals surface area contributed by atoms with Gasteiger partial charge in [-0.05, 0) is 0 Å². The molecule has 0 fully saturated rings. The van der Waals surface area contributed by atoms with E-state index < -0.39 is 52.5 Å². The molecule has 0 N–H and O–H groups in total. The second-order valence-corrected chi connectivity index (χ2v) is 3.08. The fraction of sp³-hybridized carbons (Fsp3) is 0.111. The van der Waals surface area contributed by atoms with Crippen LogP contribution in [0.25, 0.3) is 5.57 Å². The lowest BCUT2D eigenvalue weighted by atomic mass is 10.0. The van der Waals surface area contributed by atoms with Gasteiger partial charge in [0.25, 0.3) is 6.08 Å². The molecular formula is C9F10. The van der Waals surface area contributed by atoms with Crippen molar-refractivity contribution < 1.29 is 43.9 Å². The molecule has 1 rings (SSSR count). The zero-order valence-corrected chi connectivity index (χ0v) is 8.28. The molecule has 0 aliphatic rings. The van der Waals surface area contributed by atoms with Gasteiger partial charge < -0.3 is 0 Å². The van der Waals surface area contributed by atoms with Crippen LogP contribution >= 0.6 is 0 Å². The van der Waals surface area contributed by atoms with Gasteiger partial charge in [-0.15, -0.1) is 0 Å². The number of allylic oxidation sites excluding steroid dienone is 1. The predicted molar refractivity (Wildman–Crippen MR) is 41.4 cm³/mol. The van der Waals surface area contributed by atoms with E-state index in [1.165, 1.54) is 0 Å². The molecule has 0 radical (unpaired) electrons. The summed E-state index contributed by atoms with van der Waals surface area (Å²) >= 11 is 0. The van der Waals surface area contributed by atoms with E-state index in [0.717, 1.165) is 0 Å². The number of halogens is 10. The van der Waals surface area contributed by atoms with Gasteiger partial charge in [0, 0.05) is 0 Å². The SMILES string of the molecule is FC(F)=C(c1c(F)c(F)c(F)c(F)c1F)C(F)(F)F. The lowest BCUT2D eigenvalue weighted by Gasteiger charge is -2.13. The maximum atomic E-state index is 13.0.